The number of aryl methyl sites for hydroxylation is 2. The van der Waals surface area contributed by atoms with E-state index in [0.29, 0.717) is 17.1 Å². The number of amides is 1. The van der Waals surface area contributed by atoms with E-state index in [9.17, 15) is 4.79 Å². The average molecular weight is 301 g/mol. The molecule has 0 bridgehead atoms. The Labute approximate surface area is 125 Å². The van der Waals surface area contributed by atoms with Crippen molar-refractivity contribution in [1.82, 2.24) is 20.1 Å². The highest BCUT2D eigenvalue weighted by molar-refractivity contribution is 7.21. The Morgan fingerprint density at radius 2 is 2.33 bits per heavy atom. The highest BCUT2D eigenvalue weighted by Gasteiger charge is 2.20. The molecule has 3 N–H and O–H groups in total. The van der Waals surface area contributed by atoms with Gasteiger partial charge in [-0.2, -0.15) is 5.10 Å². The molecule has 0 radical (unpaired) electrons. The molecule has 21 heavy (non-hydrogen) atoms. The van der Waals surface area contributed by atoms with E-state index in [1.165, 1.54) is 11.3 Å². The van der Waals surface area contributed by atoms with Gasteiger partial charge in [-0.1, -0.05) is 6.07 Å². The first kappa shape index (κ1) is 13.6. The number of hydrogen-bond donors (Lipinski definition) is 2. The minimum Gasteiger partial charge on any atom is -0.397 e. The second kappa shape index (κ2) is 5.17. The summed E-state index contributed by atoms with van der Waals surface area (Å²) in [7, 11) is 1.85. The maximum absolute atomic E-state index is 12.3. The quantitative estimate of drug-likeness (QED) is 0.773. The summed E-state index contributed by atoms with van der Waals surface area (Å²) < 4.78 is 1.75. The van der Waals surface area contributed by atoms with Crippen LogP contribution >= 0.6 is 11.3 Å². The van der Waals surface area contributed by atoms with Crippen molar-refractivity contribution in [3.8, 4) is 0 Å². The molecule has 3 aromatic rings. The van der Waals surface area contributed by atoms with E-state index >= 15 is 0 Å². The highest BCUT2D eigenvalue weighted by Crippen LogP contribution is 2.35. The zero-order valence-corrected chi connectivity index (χ0v) is 12.6. The molecule has 7 heteroatoms. The van der Waals surface area contributed by atoms with Crippen LogP contribution in [0.1, 0.15) is 20.9 Å². The van der Waals surface area contributed by atoms with E-state index in [1.54, 1.807) is 17.1 Å². The number of pyridine rings is 1. The number of carbonyl (C=O) groups excluding carboxylic acids is 1. The van der Waals surface area contributed by atoms with E-state index in [2.05, 4.69) is 15.4 Å². The largest absolute Gasteiger partial charge is 0.397 e. The third-order valence-corrected chi connectivity index (χ3v) is 4.54. The first-order chi connectivity index (χ1) is 10.1. The van der Waals surface area contributed by atoms with Crippen molar-refractivity contribution in [2.75, 3.05) is 5.73 Å². The zero-order valence-electron chi connectivity index (χ0n) is 11.8. The summed E-state index contributed by atoms with van der Waals surface area (Å²) in [4.78, 5) is 17.8. The van der Waals surface area contributed by atoms with Gasteiger partial charge in [0.25, 0.3) is 5.91 Å². The van der Waals surface area contributed by atoms with Crippen molar-refractivity contribution in [3.05, 3.63) is 40.7 Å². The second-order valence-electron chi connectivity index (χ2n) is 4.78. The fraction of sp³-hybridized carbons (Fsp3) is 0.214. The number of nitrogens with two attached hydrogens (primary N) is 1. The number of anilines is 1. The van der Waals surface area contributed by atoms with Crippen molar-refractivity contribution < 1.29 is 4.79 Å². The van der Waals surface area contributed by atoms with Gasteiger partial charge in [0.05, 0.1) is 16.8 Å². The number of nitrogen functional groups attached to an aromatic ring is 1. The van der Waals surface area contributed by atoms with Crippen LogP contribution in [0.5, 0.6) is 0 Å². The molecule has 108 valence electrons. The molecule has 0 spiro atoms. The van der Waals surface area contributed by atoms with Crippen molar-refractivity contribution in [2.45, 2.75) is 13.5 Å². The lowest BCUT2D eigenvalue weighted by molar-refractivity contribution is 0.0956. The van der Waals surface area contributed by atoms with E-state index in [4.69, 9.17) is 5.73 Å². The number of rotatable bonds is 3. The molecule has 0 fully saturated rings. The molecule has 3 aromatic heterocycles. The third kappa shape index (κ3) is 2.36. The number of nitrogens with zero attached hydrogens (tertiary/aromatic N) is 3. The molecule has 0 aromatic carbocycles. The van der Waals surface area contributed by atoms with Crippen LogP contribution in [0.3, 0.4) is 0 Å². The van der Waals surface area contributed by atoms with Gasteiger partial charge in [-0.25, -0.2) is 0 Å². The molecule has 1 amide bonds. The lowest BCUT2D eigenvalue weighted by Crippen LogP contribution is -2.22. The summed E-state index contributed by atoms with van der Waals surface area (Å²) in [6.45, 7) is 2.32. The number of aromatic nitrogens is 3. The summed E-state index contributed by atoms with van der Waals surface area (Å²) in [5, 5.41) is 8.05. The Morgan fingerprint density at radius 3 is 3.00 bits per heavy atom. The first-order valence-electron chi connectivity index (χ1n) is 6.46. The molecule has 0 aliphatic carbocycles. The molecule has 0 aliphatic rings. The van der Waals surface area contributed by atoms with Gasteiger partial charge in [0.2, 0.25) is 0 Å². The van der Waals surface area contributed by atoms with Gasteiger partial charge in [-0.3, -0.25) is 14.5 Å². The van der Waals surface area contributed by atoms with Crippen LogP contribution < -0.4 is 11.1 Å². The number of nitrogens with one attached hydrogen (secondary N) is 1. The monoisotopic (exact) mass is 301 g/mol. The predicted octanol–water partition coefficient (Wildman–Crippen LogP) is 1.85. The second-order valence-corrected chi connectivity index (χ2v) is 5.78. The SMILES string of the molecule is Cc1nn(C)c2sc(C(=O)NCc3cccnc3)c(N)c12. The van der Waals surface area contributed by atoms with Crippen LogP contribution in [0.25, 0.3) is 10.2 Å². The fourth-order valence-electron chi connectivity index (χ4n) is 2.26. The standard InChI is InChI=1S/C14H15N5OS/c1-8-10-11(15)12(21-14(10)19(2)18-8)13(20)17-7-9-4-3-5-16-6-9/h3-6H,7,15H2,1-2H3,(H,17,20). The molecular formula is C14H15N5OS. The van der Waals surface area contributed by atoms with Gasteiger partial charge in [-0.05, 0) is 18.6 Å². The first-order valence-corrected chi connectivity index (χ1v) is 7.28. The van der Waals surface area contributed by atoms with Crippen LogP contribution in [0, 0.1) is 6.92 Å². The third-order valence-electron chi connectivity index (χ3n) is 3.26. The maximum Gasteiger partial charge on any atom is 0.263 e. The molecule has 3 rings (SSSR count). The fourth-order valence-corrected chi connectivity index (χ4v) is 3.37. The van der Waals surface area contributed by atoms with Gasteiger partial charge in [0.1, 0.15) is 9.71 Å². The van der Waals surface area contributed by atoms with Gasteiger partial charge < -0.3 is 11.1 Å². The lowest BCUT2D eigenvalue weighted by atomic mass is 10.2. The summed E-state index contributed by atoms with van der Waals surface area (Å²) in [5.74, 6) is -0.169. The van der Waals surface area contributed by atoms with E-state index in [-0.39, 0.29) is 5.91 Å². The maximum atomic E-state index is 12.3. The molecule has 0 atom stereocenters. The van der Waals surface area contributed by atoms with Crippen LogP contribution in [-0.2, 0) is 13.6 Å². The van der Waals surface area contributed by atoms with Crippen molar-refractivity contribution >= 4 is 33.1 Å². The molecule has 0 unspecified atom stereocenters. The highest BCUT2D eigenvalue weighted by atomic mass is 32.1. The summed E-state index contributed by atoms with van der Waals surface area (Å²) in [5.41, 5.74) is 8.40. The Bertz CT molecular complexity index is 806. The molecule has 6 nitrogen and oxygen atoms in total. The summed E-state index contributed by atoms with van der Waals surface area (Å²) >= 11 is 1.36. The molecule has 0 saturated carbocycles. The van der Waals surface area contributed by atoms with Gasteiger partial charge in [0.15, 0.2) is 0 Å². The minimum atomic E-state index is -0.169. The van der Waals surface area contributed by atoms with Gasteiger partial charge in [-0.15, -0.1) is 11.3 Å². The minimum absolute atomic E-state index is 0.169. The van der Waals surface area contributed by atoms with Crippen LogP contribution in [0.2, 0.25) is 0 Å². The Balaban J connectivity index is 1.85. The number of hydrogen-bond acceptors (Lipinski definition) is 5. The van der Waals surface area contributed by atoms with E-state index in [1.807, 2.05) is 26.1 Å². The Kier molecular flexibility index (Phi) is 3.34. The topological polar surface area (TPSA) is 85.8 Å². The molecule has 0 saturated heterocycles. The van der Waals surface area contributed by atoms with Crippen molar-refractivity contribution in [2.24, 2.45) is 7.05 Å². The van der Waals surface area contributed by atoms with Crippen LogP contribution in [0.15, 0.2) is 24.5 Å². The van der Waals surface area contributed by atoms with Crippen LogP contribution in [0.4, 0.5) is 5.69 Å². The smallest absolute Gasteiger partial charge is 0.263 e. The summed E-state index contributed by atoms with van der Waals surface area (Å²) in [6.07, 6.45) is 3.42. The molecule has 0 aliphatic heterocycles. The Hall–Kier alpha value is -2.41. The molecular weight excluding hydrogens is 286 g/mol. The Morgan fingerprint density at radius 1 is 1.52 bits per heavy atom. The number of fused-ring (bicyclic) bond motifs is 1. The zero-order chi connectivity index (χ0) is 15.0. The van der Waals surface area contributed by atoms with Crippen molar-refractivity contribution in [1.29, 1.82) is 0 Å². The van der Waals surface area contributed by atoms with Crippen LogP contribution in [-0.4, -0.2) is 20.7 Å². The van der Waals surface area contributed by atoms with E-state index < -0.39 is 0 Å². The van der Waals surface area contributed by atoms with Crippen molar-refractivity contribution in [3.63, 3.8) is 0 Å². The van der Waals surface area contributed by atoms with E-state index in [0.717, 1.165) is 21.5 Å². The number of thiophene rings is 1. The predicted molar refractivity (Wildman–Crippen MR) is 83.1 cm³/mol. The normalized spacial score (nSPS) is 11.0. The lowest BCUT2D eigenvalue weighted by Gasteiger charge is -2.04. The average Bonchev–Trinajstić information content (AvgIpc) is 2.97. The number of carbonyl (C=O) groups is 1. The molecule has 3 heterocycles. The van der Waals surface area contributed by atoms with Gasteiger partial charge in [0, 0.05) is 26.0 Å². The summed E-state index contributed by atoms with van der Waals surface area (Å²) in [6, 6.07) is 3.75. The van der Waals surface area contributed by atoms with Gasteiger partial charge >= 0.3 is 0 Å².